The van der Waals surface area contributed by atoms with Gasteiger partial charge in [-0.05, 0) is 37.1 Å². The van der Waals surface area contributed by atoms with E-state index in [4.69, 9.17) is 4.74 Å². The van der Waals surface area contributed by atoms with Gasteiger partial charge in [-0.1, -0.05) is 18.7 Å². The minimum atomic E-state index is -0.0986. The molecule has 0 saturated carbocycles. The molecular weight excluding hydrogens is 252 g/mol. The van der Waals surface area contributed by atoms with Crippen LogP contribution in [-0.2, 0) is 17.8 Å². The quantitative estimate of drug-likeness (QED) is 0.660. The van der Waals surface area contributed by atoms with Crippen LogP contribution in [0, 0.1) is 0 Å². The van der Waals surface area contributed by atoms with Crippen molar-refractivity contribution >= 4 is 5.91 Å². The lowest BCUT2D eigenvalue weighted by Crippen LogP contribution is -2.32. The fourth-order valence-electron chi connectivity index (χ4n) is 1.96. The summed E-state index contributed by atoms with van der Waals surface area (Å²) >= 11 is 0. The maximum absolute atomic E-state index is 11.6. The van der Waals surface area contributed by atoms with Gasteiger partial charge in [0.1, 0.15) is 18.1 Å². The highest BCUT2D eigenvalue weighted by Gasteiger charge is 2.18. The molecule has 4 heteroatoms. The molecule has 0 atom stereocenters. The molecule has 0 aromatic carbocycles. The summed E-state index contributed by atoms with van der Waals surface area (Å²) in [5, 5.41) is 2.78. The van der Waals surface area contributed by atoms with Crippen molar-refractivity contribution in [3.05, 3.63) is 65.7 Å². The van der Waals surface area contributed by atoms with Gasteiger partial charge in [0.2, 0.25) is 0 Å². The molecule has 1 amide bonds. The minimum Gasteiger partial charge on any atom is -0.489 e. The van der Waals surface area contributed by atoms with Crippen LogP contribution in [0.25, 0.3) is 0 Å². The van der Waals surface area contributed by atoms with Crippen LogP contribution in [0.1, 0.15) is 28.5 Å². The molecule has 1 aliphatic rings. The second-order valence-electron chi connectivity index (χ2n) is 4.44. The maximum atomic E-state index is 11.6. The van der Waals surface area contributed by atoms with Crippen molar-refractivity contribution in [2.24, 2.45) is 0 Å². The van der Waals surface area contributed by atoms with Crippen molar-refractivity contribution in [1.29, 1.82) is 0 Å². The smallest absolute Gasteiger partial charge is 0.270 e. The highest BCUT2D eigenvalue weighted by molar-refractivity contribution is 5.94. The largest absolute Gasteiger partial charge is 0.489 e. The predicted molar refractivity (Wildman–Crippen MR) is 78.2 cm³/mol. The van der Waals surface area contributed by atoms with Gasteiger partial charge in [-0.15, -0.1) is 0 Å². The summed E-state index contributed by atoms with van der Waals surface area (Å²) in [6.07, 6.45) is 9.83. The van der Waals surface area contributed by atoms with Gasteiger partial charge in [0.25, 0.3) is 5.91 Å². The number of pyridine rings is 1. The molecule has 0 fully saturated rings. The number of ether oxygens (including phenoxy) is 1. The number of carbonyl (C=O) groups is 1. The number of rotatable bonds is 5. The van der Waals surface area contributed by atoms with Crippen LogP contribution >= 0.6 is 0 Å². The van der Waals surface area contributed by atoms with Crippen LogP contribution in [0.5, 0.6) is 0 Å². The monoisotopic (exact) mass is 270 g/mol. The molecule has 0 saturated heterocycles. The van der Waals surface area contributed by atoms with Gasteiger partial charge in [0, 0.05) is 18.3 Å². The second kappa shape index (κ2) is 6.70. The van der Waals surface area contributed by atoms with Gasteiger partial charge in [0.05, 0.1) is 0 Å². The number of allylic oxidation sites excluding steroid dienone is 4. The molecule has 104 valence electrons. The Morgan fingerprint density at radius 1 is 1.60 bits per heavy atom. The first kappa shape index (κ1) is 14.1. The van der Waals surface area contributed by atoms with E-state index in [0.29, 0.717) is 24.6 Å². The van der Waals surface area contributed by atoms with E-state index in [2.05, 4.69) is 16.9 Å². The van der Waals surface area contributed by atoms with Crippen molar-refractivity contribution in [2.75, 3.05) is 6.54 Å². The van der Waals surface area contributed by atoms with Crippen molar-refractivity contribution in [2.45, 2.75) is 20.0 Å². The standard InChI is InChI=1S/C16H18N2O2/c1-3-5-6-14(4-2)20-11-12-9-13-7-8-17-16(19)15(13)18-10-12/h3-6,9-10H,2,7-8,11H2,1H3,(H,17,19). The molecule has 4 nitrogen and oxygen atoms in total. The predicted octanol–water partition coefficient (Wildman–Crippen LogP) is 2.53. The fraction of sp³-hybridized carbons (Fsp3) is 0.250. The van der Waals surface area contributed by atoms with E-state index < -0.39 is 0 Å². The normalized spacial score (nSPS) is 14.8. The van der Waals surface area contributed by atoms with Crippen molar-refractivity contribution < 1.29 is 9.53 Å². The Bertz CT molecular complexity index is 574. The summed E-state index contributed by atoms with van der Waals surface area (Å²) in [5.74, 6) is 0.608. The van der Waals surface area contributed by atoms with Gasteiger partial charge >= 0.3 is 0 Å². The number of carbonyl (C=O) groups excluding carboxylic acids is 1. The lowest BCUT2D eigenvalue weighted by Gasteiger charge is -2.16. The molecule has 0 spiro atoms. The topological polar surface area (TPSA) is 51.2 Å². The number of hydrogen-bond acceptors (Lipinski definition) is 3. The second-order valence-corrected chi connectivity index (χ2v) is 4.44. The molecule has 0 radical (unpaired) electrons. The van der Waals surface area contributed by atoms with Crippen molar-refractivity contribution in [3.8, 4) is 0 Å². The summed E-state index contributed by atoms with van der Waals surface area (Å²) in [4.78, 5) is 15.8. The average molecular weight is 270 g/mol. The van der Waals surface area contributed by atoms with Gasteiger partial charge in [-0.2, -0.15) is 0 Å². The summed E-state index contributed by atoms with van der Waals surface area (Å²) in [6.45, 7) is 6.73. The molecule has 2 heterocycles. The first-order valence-electron chi connectivity index (χ1n) is 6.59. The van der Waals surface area contributed by atoms with E-state index in [1.165, 1.54) is 0 Å². The Balaban J connectivity index is 2.07. The Labute approximate surface area is 118 Å². The number of fused-ring (bicyclic) bond motifs is 1. The summed E-state index contributed by atoms with van der Waals surface area (Å²) in [5.41, 5.74) is 2.45. The van der Waals surface area contributed by atoms with Gasteiger partial charge in [-0.3, -0.25) is 9.78 Å². The Morgan fingerprint density at radius 2 is 2.45 bits per heavy atom. The minimum absolute atomic E-state index is 0.0986. The number of hydrogen-bond donors (Lipinski definition) is 1. The van der Waals surface area contributed by atoms with Gasteiger partial charge in [-0.25, -0.2) is 0 Å². The third kappa shape index (κ3) is 3.35. The summed E-state index contributed by atoms with van der Waals surface area (Å²) in [7, 11) is 0. The Kier molecular flexibility index (Phi) is 4.71. The first-order chi connectivity index (χ1) is 9.74. The average Bonchev–Trinajstić information content (AvgIpc) is 2.47. The lowest BCUT2D eigenvalue weighted by molar-refractivity contribution is 0.0940. The van der Waals surface area contributed by atoms with Crippen LogP contribution < -0.4 is 5.32 Å². The highest BCUT2D eigenvalue weighted by Crippen LogP contribution is 2.15. The zero-order chi connectivity index (χ0) is 14.4. The number of nitrogens with zero attached hydrogens (tertiary/aromatic N) is 1. The number of nitrogens with one attached hydrogen (secondary N) is 1. The molecule has 1 aromatic heterocycles. The van der Waals surface area contributed by atoms with Crippen molar-refractivity contribution in [1.82, 2.24) is 10.3 Å². The zero-order valence-electron chi connectivity index (χ0n) is 11.6. The van der Waals surface area contributed by atoms with Crippen LogP contribution in [0.3, 0.4) is 0 Å². The fourth-order valence-corrected chi connectivity index (χ4v) is 1.96. The molecule has 0 bridgehead atoms. The van der Waals surface area contributed by atoms with E-state index in [0.717, 1.165) is 17.5 Å². The zero-order valence-corrected chi connectivity index (χ0v) is 11.6. The first-order valence-corrected chi connectivity index (χ1v) is 6.59. The Hall–Kier alpha value is -2.36. The molecule has 2 rings (SSSR count). The molecule has 20 heavy (non-hydrogen) atoms. The molecule has 1 N–H and O–H groups in total. The van der Waals surface area contributed by atoms with Crippen LogP contribution in [0.4, 0.5) is 0 Å². The molecule has 1 aliphatic heterocycles. The third-order valence-corrected chi connectivity index (χ3v) is 2.98. The third-order valence-electron chi connectivity index (χ3n) is 2.98. The van der Waals surface area contributed by atoms with E-state index in [9.17, 15) is 4.79 Å². The van der Waals surface area contributed by atoms with Gasteiger partial charge < -0.3 is 10.1 Å². The van der Waals surface area contributed by atoms with E-state index in [1.54, 1.807) is 12.3 Å². The van der Waals surface area contributed by atoms with Crippen LogP contribution in [0.2, 0.25) is 0 Å². The summed E-state index contributed by atoms with van der Waals surface area (Å²) in [6, 6.07) is 1.98. The van der Waals surface area contributed by atoms with E-state index in [-0.39, 0.29) is 5.91 Å². The van der Waals surface area contributed by atoms with E-state index in [1.807, 2.05) is 31.2 Å². The number of aromatic nitrogens is 1. The van der Waals surface area contributed by atoms with Crippen LogP contribution in [-0.4, -0.2) is 17.4 Å². The lowest BCUT2D eigenvalue weighted by atomic mass is 10.0. The number of amides is 1. The molecular formula is C16H18N2O2. The molecule has 0 unspecified atom stereocenters. The SMILES string of the molecule is C=CC(=CC=CC)OCc1cnc2c(c1)CCNC2=O. The molecule has 0 aliphatic carbocycles. The van der Waals surface area contributed by atoms with E-state index >= 15 is 0 Å². The maximum Gasteiger partial charge on any atom is 0.270 e. The highest BCUT2D eigenvalue weighted by atomic mass is 16.5. The van der Waals surface area contributed by atoms with Crippen molar-refractivity contribution in [3.63, 3.8) is 0 Å². The Morgan fingerprint density at radius 3 is 3.20 bits per heavy atom. The summed E-state index contributed by atoms with van der Waals surface area (Å²) < 4.78 is 5.65. The van der Waals surface area contributed by atoms with Gasteiger partial charge in [0.15, 0.2) is 0 Å². The molecule has 1 aromatic rings. The van der Waals surface area contributed by atoms with Crippen LogP contribution in [0.15, 0.2) is 48.9 Å².